The zero-order valence-electron chi connectivity index (χ0n) is 15.0. The Balaban J connectivity index is 0.000000758. The number of pyridine rings is 1. The summed E-state index contributed by atoms with van der Waals surface area (Å²) in [5, 5.41) is 6.16. The van der Waals surface area contributed by atoms with Crippen LogP contribution < -0.4 is 10.6 Å². The molecule has 8 nitrogen and oxygen atoms in total. The van der Waals surface area contributed by atoms with E-state index in [1.807, 2.05) is 6.07 Å². The van der Waals surface area contributed by atoms with Gasteiger partial charge in [-0.3, -0.25) is 4.79 Å². The molecule has 3 rings (SSSR count). The second-order valence-corrected chi connectivity index (χ2v) is 5.84. The van der Waals surface area contributed by atoms with Gasteiger partial charge in [0, 0.05) is 34.4 Å². The van der Waals surface area contributed by atoms with Crippen molar-refractivity contribution < 1.29 is 14.3 Å². The van der Waals surface area contributed by atoms with Crippen LogP contribution in [-0.2, 0) is 9.47 Å². The Labute approximate surface area is 157 Å². The summed E-state index contributed by atoms with van der Waals surface area (Å²) in [5.41, 5.74) is 2.31. The molecule has 0 bridgehead atoms. The molecule has 9 heteroatoms. The number of aromatic nitrogens is 3. The summed E-state index contributed by atoms with van der Waals surface area (Å²) in [6.07, 6.45) is 1.25. The first-order chi connectivity index (χ1) is 12.6. The first-order valence-corrected chi connectivity index (χ1v) is 8.41. The molecule has 0 spiro atoms. The van der Waals surface area contributed by atoms with Gasteiger partial charge in [-0.15, -0.1) is 0 Å². The van der Waals surface area contributed by atoms with Crippen LogP contribution in [0.1, 0.15) is 22.2 Å². The van der Waals surface area contributed by atoms with E-state index in [1.54, 1.807) is 33.4 Å². The van der Waals surface area contributed by atoms with Crippen LogP contribution in [-0.4, -0.2) is 61.8 Å². The SMILES string of the molecule is CNC(=O)c1cc(-c2cc(C3CNCCO3)cc(Cl)n2)ncn1.COC. The number of morpholine rings is 1. The van der Waals surface area contributed by atoms with E-state index in [-0.39, 0.29) is 17.7 Å². The van der Waals surface area contributed by atoms with Gasteiger partial charge in [-0.1, -0.05) is 11.6 Å². The van der Waals surface area contributed by atoms with Crippen molar-refractivity contribution >= 4 is 17.5 Å². The van der Waals surface area contributed by atoms with Gasteiger partial charge < -0.3 is 20.1 Å². The number of nitrogens with one attached hydrogen (secondary N) is 2. The standard InChI is InChI=1S/C15H16ClN5O2.C2H6O/c1-17-15(22)12-6-10(19-8-20-12)11-4-9(5-14(16)21-11)13-7-18-2-3-23-13;1-3-2/h4-6,8,13,18H,2-3,7H2,1H3,(H,17,22);1-2H3. The van der Waals surface area contributed by atoms with Crippen molar-refractivity contribution in [2.24, 2.45) is 0 Å². The van der Waals surface area contributed by atoms with E-state index in [4.69, 9.17) is 16.3 Å². The molecule has 0 aliphatic carbocycles. The number of amides is 1. The van der Waals surface area contributed by atoms with Crippen molar-refractivity contribution in [2.45, 2.75) is 6.10 Å². The predicted molar refractivity (Wildman–Crippen MR) is 98.2 cm³/mol. The molecule has 0 radical (unpaired) electrons. The Kier molecular flexibility index (Phi) is 7.86. The maximum absolute atomic E-state index is 11.7. The van der Waals surface area contributed by atoms with Crippen LogP contribution in [0.25, 0.3) is 11.4 Å². The topological polar surface area (TPSA) is 98.3 Å². The lowest BCUT2D eigenvalue weighted by Crippen LogP contribution is -2.33. The van der Waals surface area contributed by atoms with Gasteiger partial charge >= 0.3 is 0 Å². The third-order valence-corrected chi connectivity index (χ3v) is 3.70. The third-order valence-electron chi connectivity index (χ3n) is 3.51. The molecule has 1 unspecified atom stereocenters. The minimum Gasteiger partial charge on any atom is -0.388 e. The van der Waals surface area contributed by atoms with Gasteiger partial charge in [-0.05, 0) is 23.8 Å². The van der Waals surface area contributed by atoms with Crippen molar-refractivity contribution in [3.05, 3.63) is 40.9 Å². The van der Waals surface area contributed by atoms with Gasteiger partial charge in [-0.2, -0.15) is 0 Å². The summed E-state index contributed by atoms with van der Waals surface area (Å²) in [7, 11) is 4.80. The number of carbonyl (C=O) groups is 1. The Hall–Kier alpha value is -2.13. The third kappa shape index (κ3) is 5.43. The maximum Gasteiger partial charge on any atom is 0.269 e. The number of carbonyl (C=O) groups excluding carboxylic acids is 1. The number of hydrogen-bond donors (Lipinski definition) is 2. The molecule has 0 saturated carbocycles. The molecule has 26 heavy (non-hydrogen) atoms. The maximum atomic E-state index is 11.7. The second-order valence-electron chi connectivity index (χ2n) is 5.45. The lowest BCUT2D eigenvalue weighted by Gasteiger charge is -2.24. The van der Waals surface area contributed by atoms with Crippen LogP contribution in [0.5, 0.6) is 0 Å². The number of nitrogens with zero attached hydrogens (tertiary/aromatic N) is 3. The van der Waals surface area contributed by atoms with E-state index >= 15 is 0 Å². The highest BCUT2D eigenvalue weighted by Gasteiger charge is 2.18. The molecular formula is C17H22ClN5O3. The number of halogens is 1. The minimum absolute atomic E-state index is 0.0803. The Bertz CT molecular complexity index is 738. The molecule has 1 fully saturated rings. The minimum atomic E-state index is -0.282. The quantitative estimate of drug-likeness (QED) is 0.779. The number of ether oxygens (including phenoxy) is 2. The van der Waals surface area contributed by atoms with Crippen LogP contribution in [0.2, 0.25) is 5.15 Å². The molecule has 3 heterocycles. The van der Waals surface area contributed by atoms with Crippen LogP contribution in [0.15, 0.2) is 24.5 Å². The lowest BCUT2D eigenvalue weighted by molar-refractivity contribution is 0.0277. The molecule has 1 atom stereocenters. The lowest BCUT2D eigenvalue weighted by atomic mass is 10.1. The van der Waals surface area contributed by atoms with Crippen molar-refractivity contribution in [3.63, 3.8) is 0 Å². The largest absolute Gasteiger partial charge is 0.388 e. The van der Waals surface area contributed by atoms with Gasteiger partial charge in [-0.25, -0.2) is 15.0 Å². The second kappa shape index (κ2) is 10.1. The molecule has 2 N–H and O–H groups in total. The number of hydrogen-bond acceptors (Lipinski definition) is 7. The molecular weight excluding hydrogens is 358 g/mol. The predicted octanol–water partition coefficient (Wildman–Crippen LogP) is 1.48. The summed E-state index contributed by atoms with van der Waals surface area (Å²) in [6, 6.07) is 5.24. The molecule has 0 aromatic carbocycles. The van der Waals surface area contributed by atoms with Crippen LogP contribution in [0.4, 0.5) is 0 Å². The Morgan fingerprint density at radius 2 is 2.08 bits per heavy atom. The molecule has 1 aliphatic heterocycles. The molecule has 1 saturated heterocycles. The van der Waals surface area contributed by atoms with Gasteiger partial charge in [0.2, 0.25) is 0 Å². The van der Waals surface area contributed by atoms with Crippen LogP contribution in [0.3, 0.4) is 0 Å². The highest BCUT2D eigenvalue weighted by atomic mass is 35.5. The monoisotopic (exact) mass is 379 g/mol. The fourth-order valence-corrected chi connectivity index (χ4v) is 2.58. The normalized spacial score (nSPS) is 16.4. The molecule has 2 aromatic rings. The van der Waals surface area contributed by atoms with E-state index in [9.17, 15) is 4.79 Å². The van der Waals surface area contributed by atoms with Crippen molar-refractivity contribution in [2.75, 3.05) is 41.0 Å². The van der Waals surface area contributed by atoms with E-state index in [0.29, 0.717) is 29.7 Å². The average Bonchev–Trinajstić information content (AvgIpc) is 2.68. The van der Waals surface area contributed by atoms with E-state index in [0.717, 1.165) is 12.1 Å². The van der Waals surface area contributed by atoms with Gasteiger partial charge in [0.1, 0.15) is 17.2 Å². The highest BCUT2D eigenvalue weighted by Crippen LogP contribution is 2.26. The summed E-state index contributed by atoms with van der Waals surface area (Å²) in [6.45, 7) is 2.20. The van der Waals surface area contributed by atoms with Crippen molar-refractivity contribution in [1.29, 1.82) is 0 Å². The van der Waals surface area contributed by atoms with Crippen LogP contribution >= 0.6 is 11.6 Å². The van der Waals surface area contributed by atoms with Gasteiger partial charge in [0.25, 0.3) is 5.91 Å². The van der Waals surface area contributed by atoms with E-state index < -0.39 is 0 Å². The summed E-state index contributed by atoms with van der Waals surface area (Å²) >= 11 is 6.14. The van der Waals surface area contributed by atoms with E-state index in [2.05, 4.69) is 30.3 Å². The molecule has 1 aliphatic rings. The van der Waals surface area contributed by atoms with Crippen LogP contribution in [0, 0.1) is 0 Å². The number of rotatable bonds is 3. The summed E-state index contributed by atoms with van der Waals surface area (Å²) in [5.74, 6) is -0.282. The Morgan fingerprint density at radius 3 is 2.73 bits per heavy atom. The zero-order chi connectivity index (χ0) is 18.9. The van der Waals surface area contributed by atoms with Crippen molar-refractivity contribution in [1.82, 2.24) is 25.6 Å². The Morgan fingerprint density at radius 1 is 1.31 bits per heavy atom. The average molecular weight is 380 g/mol. The number of methoxy groups -OCH3 is 1. The highest BCUT2D eigenvalue weighted by molar-refractivity contribution is 6.29. The zero-order valence-corrected chi connectivity index (χ0v) is 15.7. The molecule has 2 aromatic heterocycles. The van der Waals surface area contributed by atoms with E-state index in [1.165, 1.54) is 6.33 Å². The fraction of sp³-hybridized carbons (Fsp3) is 0.412. The molecule has 1 amide bonds. The van der Waals surface area contributed by atoms with Gasteiger partial charge in [0.15, 0.2) is 0 Å². The fourth-order valence-electron chi connectivity index (χ4n) is 2.36. The molecule has 140 valence electrons. The summed E-state index contributed by atoms with van der Waals surface area (Å²) in [4.78, 5) is 24.1. The van der Waals surface area contributed by atoms with Gasteiger partial charge in [0.05, 0.1) is 24.1 Å². The first-order valence-electron chi connectivity index (χ1n) is 8.03. The first kappa shape index (κ1) is 20.2. The summed E-state index contributed by atoms with van der Waals surface area (Å²) < 4.78 is 9.99. The van der Waals surface area contributed by atoms with Crippen molar-refractivity contribution in [3.8, 4) is 11.4 Å². The smallest absolute Gasteiger partial charge is 0.269 e.